The van der Waals surface area contributed by atoms with Crippen molar-refractivity contribution in [1.29, 1.82) is 0 Å². The van der Waals surface area contributed by atoms with Gasteiger partial charge in [0.15, 0.2) is 0 Å². The standard InChI is InChI=1S/C19H15FN6OS2/c1-10-17(18(27)23-12-3-5-13(28-21)6-4-12)19(29-26-10)25-16-9-22-15-8-11(20)2-7-14(15)24-16/h2-9H,21H2,1H3,(H,23,27)(H,24,25). The number of hydrogen-bond acceptors (Lipinski definition) is 8. The fourth-order valence-electron chi connectivity index (χ4n) is 2.69. The van der Waals surface area contributed by atoms with E-state index in [0.29, 0.717) is 38.8 Å². The Labute approximate surface area is 173 Å². The lowest BCUT2D eigenvalue weighted by Crippen LogP contribution is -2.14. The van der Waals surface area contributed by atoms with Crippen LogP contribution in [0.3, 0.4) is 0 Å². The highest BCUT2D eigenvalue weighted by Gasteiger charge is 2.19. The summed E-state index contributed by atoms with van der Waals surface area (Å²) in [5, 5.41) is 12.0. The van der Waals surface area contributed by atoms with Crippen molar-refractivity contribution in [1.82, 2.24) is 14.3 Å². The molecule has 0 bridgehead atoms. The zero-order chi connectivity index (χ0) is 20.4. The molecule has 0 aliphatic heterocycles. The van der Waals surface area contributed by atoms with E-state index < -0.39 is 0 Å². The van der Waals surface area contributed by atoms with E-state index in [9.17, 15) is 9.18 Å². The normalized spacial score (nSPS) is 10.9. The molecule has 0 atom stereocenters. The molecule has 4 rings (SSSR count). The van der Waals surface area contributed by atoms with Crippen LogP contribution in [0.4, 0.5) is 20.9 Å². The fraction of sp³-hybridized carbons (Fsp3) is 0.0526. The molecule has 0 radical (unpaired) electrons. The Morgan fingerprint density at radius 3 is 2.72 bits per heavy atom. The number of carbonyl (C=O) groups excluding carboxylic acids is 1. The Morgan fingerprint density at radius 2 is 1.97 bits per heavy atom. The van der Waals surface area contributed by atoms with E-state index in [4.69, 9.17) is 5.14 Å². The molecule has 1 amide bonds. The van der Waals surface area contributed by atoms with Crippen LogP contribution in [0.5, 0.6) is 0 Å². The first kappa shape index (κ1) is 19.2. The van der Waals surface area contributed by atoms with E-state index in [1.54, 1.807) is 25.1 Å². The lowest BCUT2D eigenvalue weighted by molar-refractivity contribution is 0.102. The van der Waals surface area contributed by atoms with E-state index in [2.05, 4.69) is 25.0 Å². The van der Waals surface area contributed by atoms with Crippen molar-refractivity contribution in [2.24, 2.45) is 5.14 Å². The summed E-state index contributed by atoms with van der Waals surface area (Å²) in [6, 6.07) is 11.4. The smallest absolute Gasteiger partial charge is 0.260 e. The van der Waals surface area contributed by atoms with Crippen molar-refractivity contribution in [2.45, 2.75) is 11.8 Å². The number of rotatable bonds is 5. The first-order valence-electron chi connectivity index (χ1n) is 8.47. The number of nitrogens with two attached hydrogens (primary N) is 1. The number of carbonyl (C=O) groups is 1. The Morgan fingerprint density at radius 1 is 1.17 bits per heavy atom. The van der Waals surface area contributed by atoms with E-state index in [1.165, 1.54) is 18.3 Å². The number of benzene rings is 2. The molecular formula is C19H15FN6OS2. The van der Waals surface area contributed by atoms with E-state index in [-0.39, 0.29) is 11.7 Å². The number of nitrogens with one attached hydrogen (secondary N) is 2. The summed E-state index contributed by atoms with van der Waals surface area (Å²) in [7, 11) is 0. The SMILES string of the molecule is Cc1nsc(Nc2cnc3cc(F)ccc3n2)c1C(=O)Nc1ccc(SN)cc1. The number of hydrogen-bond donors (Lipinski definition) is 3. The van der Waals surface area contributed by atoms with Crippen molar-refractivity contribution in [3.8, 4) is 0 Å². The fourth-order valence-corrected chi connectivity index (χ4v) is 3.79. The van der Waals surface area contributed by atoms with E-state index >= 15 is 0 Å². The summed E-state index contributed by atoms with van der Waals surface area (Å²) in [4.78, 5) is 22.3. The molecular weight excluding hydrogens is 411 g/mol. The van der Waals surface area contributed by atoms with E-state index in [0.717, 1.165) is 28.4 Å². The van der Waals surface area contributed by atoms with Gasteiger partial charge in [0, 0.05) is 16.6 Å². The largest absolute Gasteiger partial charge is 0.329 e. The number of aromatic nitrogens is 3. The topological polar surface area (TPSA) is 106 Å². The molecule has 0 saturated carbocycles. The summed E-state index contributed by atoms with van der Waals surface area (Å²) < 4.78 is 17.6. The monoisotopic (exact) mass is 426 g/mol. The lowest BCUT2D eigenvalue weighted by atomic mass is 10.2. The van der Waals surface area contributed by atoms with Crippen LogP contribution in [0, 0.1) is 12.7 Å². The third-order valence-electron chi connectivity index (χ3n) is 4.08. The van der Waals surface area contributed by atoms with Crippen LogP contribution < -0.4 is 15.8 Å². The van der Waals surface area contributed by atoms with Gasteiger partial charge in [-0.05, 0) is 66.8 Å². The Bertz CT molecular complexity index is 1200. The predicted octanol–water partition coefficient (Wildman–Crippen LogP) is 4.50. The molecule has 10 heteroatoms. The van der Waals surface area contributed by atoms with Crippen LogP contribution in [0.1, 0.15) is 16.1 Å². The quantitative estimate of drug-likeness (QED) is 0.404. The zero-order valence-corrected chi connectivity index (χ0v) is 16.8. The highest BCUT2D eigenvalue weighted by atomic mass is 32.2. The second kappa shape index (κ2) is 8.11. The van der Waals surface area contributed by atoms with E-state index in [1.807, 2.05) is 12.1 Å². The molecule has 2 heterocycles. The summed E-state index contributed by atoms with van der Waals surface area (Å²) >= 11 is 2.29. The van der Waals surface area contributed by atoms with Gasteiger partial charge in [0.2, 0.25) is 0 Å². The van der Waals surface area contributed by atoms with Gasteiger partial charge >= 0.3 is 0 Å². The average Bonchev–Trinajstić information content (AvgIpc) is 3.08. The minimum atomic E-state index is -0.373. The molecule has 0 saturated heterocycles. The van der Waals surface area contributed by atoms with Gasteiger partial charge < -0.3 is 10.6 Å². The Kier molecular flexibility index (Phi) is 5.38. The molecule has 2 aromatic heterocycles. The maximum absolute atomic E-state index is 13.3. The average molecular weight is 427 g/mol. The van der Waals surface area contributed by atoms with Crippen LogP contribution in [0.2, 0.25) is 0 Å². The minimum absolute atomic E-state index is 0.289. The second-order valence-electron chi connectivity index (χ2n) is 6.08. The molecule has 2 aromatic carbocycles. The number of amides is 1. The number of fused-ring (bicyclic) bond motifs is 1. The first-order chi connectivity index (χ1) is 14.0. The molecule has 29 heavy (non-hydrogen) atoms. The van der Waals surface area contributed by atoms with Crippen molar-refractivity contribution in [3.63, 3.8) is 0 Å². The molecule has 4 N–H and O–H groups in total. The molecule has 146 valence electrons. The Hall–Kier alpha value is -3.08. The van der Waals surface area contributed by atoms with Gasteiger partial charge in [-0.25, -0.2) is 9.37 Å². The van der Waals surface area contributed by atoms with Gasteiger partial charge in [0.25, 0.3) is 5.91 Å². The molecule has 0 fully saturated rings. The van der Waals surface area contributed by atoms with Crippen LogP contribution in [0.25, 0.3) is 11.0 Å². The highest BCUT2D eigenvalue weighted by molar-refractivity contribution is 7.97. The molecule has 0 aliphatic rings. The first-order valence-corrected chi connectivity index (χ1v) is 10.1. The summed E-state index contributed by atoms with van der Waals surface area (Å²) in [6.07, 6.45) is 1.49. The van der Waals surface area contributed by atoms with Crippen molar-refractivity contribution in [3.05, 3.63) is 65.7 Å². The third-order valence-corrected chi connectivity index (χ3v) is 5.48. The van der Waals surface area contributed by atoms with Crippen molar-refractivity contribution >= 4 is 56.9 Å². The maximum Gasteiger partial charge on any atom is 0.260 e. The van der Waals surface area contributed by atoms with Crippen LogP contribution >= 0.6 is 23.5 Å². The second-order valence-corrected chi connectivity index (χ2v) is 7.56. The maximum atomic E-state index is 13.3. The molecule has 0 spiro atoms. The predicted molar refractivity (Wildman–Crippen MR) is 114 cm³/mol. The summed E-state index contributed by atoms with van der Waals surface area (Å²) in [6.45, 7) is 1.76. The zero-order valence-electron chi connectivity index (χ0n) is 15.1. The molecule has 0 aliphatic carbocycles. The molecule has 7 nitrogen and oxygen atoms in total. The van der Waals surface area contributed by atoms with Crippen LogP contribution in [0.15, 0.2) is 53.6 Å². The number of nitrogens with zero attached hydrogens (tertiary/aromatic N) is 3. The minimum Gasteiger partial charge on any atom is -0.329 e. The van der Waals surface area contributed by atoms with Crippen molar-refractivity contribution < 1.29 is 9.18 Å². The van der Waals surface area contributed by atoms with Gasteiger partial charge in [-0.15, -0.1) is 0 Å². The lowest BCUT2D eigenvalue weighted by Gasteiger charge is -2.09. The Balaban J connectivity index is 1.58. The van der Waals surface area contributed by atoms with Gasteiger partial charge in [0.05, 0.1) is 28.5 Å². The highest BCUT2D eigenvalue weighted by Crippen LogP contribution is 2.29. The van der Waals surface area contributed by atoms with Crippen LogP contribution in [-0.2, 0) is 0 Å². The summed E-state index contributed by atoms with van der Waals surface area (Å²) in [5.41, 5.74) is 2.67. The summed E-state index contributed by atoms with van der Waals surface area (Å²) in [5.74, 6) is -0.225. The van der Waals surface area contributed by atoms with Crippen LogP contribution in [-0.4, -0.2) is 20.2 Å². The van der Waals surface area contributed by atoms with Crippen molar-refractivity contribution in [2.75, 3.05) is 10.6 Å². The third kappa shape index (κ3) is 4.19. The molecule has 0 unspecified atom stereocenters. The number of halogens is 1. The number of aryl methyl sites for hydroxylation is 1. The van der Waals surface area contributed by atoms with Gasteiger partial charge in [-0.2, -0.15) is 4.37 Å². The van der Waals surface area contributed by atoms with Gasteiger partial charge in [-0.3, -0.25) is 14.9 Å². The molecule has 4 aromatic rings. The number of anilines is 3. The van der Waals surface area contributed by atoms with Gasteiger partial charge in [-0.1, -0.05) is 0 Å². The van der Waals surface area contributed by atoms with Gasteiger partial charge in [0.1, 0.15) is 16.6 Å².